The first-order valence-electron chi connectivity index (χ1n) is 5.89. The topological polar surface area (TPSA) is 38.3 Å². The summed E-state index contributed by atoms with van der Waals surface area (Å²) in [6, 6.07) is 2.78. The van der Waals surface area contributed by atoms with Crippen LogP contribution in [0.1, 0.15) is 30.6 Å². The Morgan fingerprint density at radius 1 is 1.44 bits per heavy atom. The molecule has 0 aromatic heterocycles. The zero-order valence-electron chi connectivity index (χ0n) is 10.5. The molecule has 100 valence electrons. The van der Waals surface area contributed by atoms with Crippen molar-refractivity contribution < 1.29 is 18.3 Å². The summed E-state index contributed by atoms with van der Waals surface area (Å²) in [6.45, 7) is 4.64. The third-order valence-corrected chi connectivity index (χ3v) is 2.33. The SMILES string of the molecule is CCCO[C@@H](C)CNC(=O)c1cc(F)ccc1F. The van der Waals surface area contributed by atoms with E-state index in [2.05, 4.69) is 5.32 Å². The van der Waals surface area contributed by atoms with Crippen LogP contribution < -0.4 is 5.32 Å². The maximum atomic E-state index is 13.3. The van der Waals surface area contributed by atoms with Gasteiger partial charge in [-0.25, -0.2) is 8.78 Å². The van der Waals surface area contributed by atoms with Gasteiger partial charge in [-0.2, -0.15) is 0 Å². The largest absolute Gasteiger partial charge is 0.377 e. The van der Waals surface area contributed by atoms with Crippen molar-refractivity contribution in [2.45, 2.75) is 26.4 Å². The molecule has 0 unspecified atom stereocenters. The van der Waals surface area contributed by atoms with Crippen molar-refractivity contribution >= 4 is 5.91 Å². The average molecular weight is 257 g/mol. The van der Waals surface area contributed by atoms with Crippen molar-refractivity contribution in [3.05, 3.63) is 35.4 Å². The van der Waals surface area contributed by atoms with Gasteiger partial charge in [0.2, 0.25) is 0 Å². The monoisotopic (exact) mass is 257 g/mol. The summed E-state index contributed by atoms with van der Waals surface area (Å²) < 4.78 is 31.5. The number of hydrogen-bond donors (Lipinski definition) is 1. The molecular formula is C13H17F2NO2. The van der Waals surface area contributed by atoms with E-state index in [0.717, 1.165) is 24.6 Å². The van der Waals surface area contributed by atoms with Crippen LogP contribution in [-0.2, 0) is 4.74 Å². The van der Waals surface area contributed by atoms with Gasteiger partial charge in [0, 0.05) is 13.2 Å². The highest BCUT2D eigenvalue weighted by Crippen LogP contribution is 2.09. The predicted octanol–water partition coefficient (Wildman–Crippen LogP) is 2.51. The Labute approximate surface area is 105 Å². The van der Waals surface area contributed by atoms with Crippen LogP contribution in [0.3, 0.4) is 0 Å². The Morgan fingerprint density at radius 2 is 2.17 bits per heavy atom. The zero-order chi connectivity index (χ0) is 13.5. The van der Waals surface area contributed by atoms with E-state index in [4.69, 9.17) is 4.74 Å². The minimum atomic E-state index is -0.740. The molecule has 3 nitrogen and oxygen atoms in total. The molecule has 0 saturated heterocycles. The van der Waals surface area contributed by atoms with Crippen LogP contribution in [0.2, 0.25) is 0 Å². The average Bonchev–Trinajstić information content (AvgIpc) is 2.36. The van der Waals surface area contributed by atoms with E-state index in [-0.39, 0.29) is 18.2 Å². The van der Waals surface area contributed by atoms with Crippen LogP contribution >= 0.6 is 0 Å². The number of ether oxygens (including phenoxy) is 1. The molecule has 0 bridgehead atoms. The van der Waals surface area contributed by atoms with Crippen molar-refractivity contribution in [1.82, 2.24) is 5.32 Å². The van der Waals surface area contributed by atoms with Crippen molar-refractivity contribution in [2.24, 2.45) is 0 Å². The van der Waals surface area contributed by atoms with Crippen molar-refractivity contribution in [1.29, 1.82) is 0 Å². The third-order valence-electron chi connectivity index (χ3n) is 2.33. The Kier molecular flexibility index (Phi) is 5.71. The molecule has 1 N–H and O–H groups in total. The summed E-state index contributed by atoms with van der Waals surface area (Å²) in [5.74, 6) is -2.02. The first-order valence-corrected chi connectivity index (χ1v) is 5.89. The van der Waals surface area contributed by atoms with Gasteiger partial charge in [0.05, 0.1) is 11.7 Å². The van der Waals surface area contributed by atoms with Gasteiger partial charge in [0.1, 0.15) is 11.6 Å². The molecule has 0 fully saturated rings. The molecule has 1 atom stereocenters. The zero-order valence-corrected chi connectivity index (χ0v) is 10.5. The summed E-state index contributed by atoms with van der Waals surface area (Å²) in [5, 5.41) is 2.51. The highest BCUT2D eigenvalue weighted by molar-refractivity contribution is 5.94. The highest BCUT2D eigenvalue weighted by Gasteiger charge is 2.13. The molecule has 18 heavy (non-hydrogen) atoms. The van der Waals surface area contributed by atoms with Crippen molar-refractivity contribution in [3.8, 4) is 0 Å². The molecule has 1 rings (SSSR count). The van der Waals surface area contributed by atoms with Crippen LogP contribution in [0.15, 0.2) is 18.2 Å². The molecule has 0 heterocycles. The first-order chi connectivity index (χ1) is 8.54. The minimum Gasteiger partial charge on any atom is -0.377 e. The smallest absolute Gasteiger partial charge is 0.254 e. The molecule has 1 aromatic rings. The van der Waals surface area contributed by atoms with Crippen molar-refractivity contribution in [2.75, 3.05) is 13.2 Å². The van der Waals surface area contributed by atoms with Gasteiger partial charge in [-0.3, -0.25) is 4.79 Å². The lowest BCUT2D eigenvalue weighted by Crippen LogP contribution is -2.32. The minimum absolute atomic E-state index is 0.162. The van der Waals surface area contributed by atoms with E-state index in [1.165, 1.54) is 0 Å². The predicted molar refractivity (Wildman–Crippen MR) is 64.4 cm³/mol. The second-order valence-corrected chi connectivity index (χ2v) is 4.02. The number of benzene rings is 1. The quantitative estimate of drug-likeness (QED) is 0.850. The van der Waals surface area contributed by atoms with Gasteiger partial charge in [-0.05, 0) is 31.5 Å². The maximum Gasteiger partial charge on any atom is 0.254 e. The van der Waals surface area contributed by atoms with E-state index in [9.17, 15) is 13.6 Å². The number of nitrogens with one attached hydrogen (secondary N) is 1. The lowest BCUT2D eigenvalue weighted by Gasteiger charge is -2.13. The van der Waals surface area contributed by atoms with Crippen LogP contribution in [-0.4, -0.2) is 25.2 Å². The number of carbonyl (C=O) groups excluding carboxylic acids is 1. The van der Waals surface area contributed by atoms with E-state index >= 15 is 0 Å². The van der Waals surface area contributed by atoms with Gasteiger partial charge in [0.15, 0.2) is 0 Å². The molecule has 0 spiro atoms. The number of hydrogen-bond acceptors (Lipinski definition) is 2. The molecule has 0 aliphatic carbocycles. The standard InChI is InChI=1S/C13H17F2NO2/c1-3-6-18-9(2)8-16-13(17)11-7-10(14)4-5-12(11)15/h4-5,7,9H,3,6,8H2,1-2H3,(H,16,17)/t9-/m0/s1. The summed E-state index contributed by atoms with van der Waals surface area (Å²) in [4.78, 5) is 11.6. The molecule has 1 aromatic carbocycles. The molecule has 1 amide bonds. The van der Waals surface area contributed by atoms with Gasteiger partial charge < -0.3 is 10.1 Å². The van der Waals surface area contributed by atoms with E-state index in [1.807, 2.05) is 6.92 Å². The molecule has 0 aliphatic rings. The maximum absolute atomic E-state index is 13.3. The van der Waals surface area contributed by atoms with Gasteiger partial charge in [-0.15, -0.1) is 0 Å². The highest BCUT2D eigenvalue weighted by atomic mass is 19.1. The number of amides is 1. The van der Waals surface area contributed by atoms with Gasteiger partial charge in [-0.1, -0.05) is 6.92 Å². The summed E-state index contributed by atoms with van der Waals surface area (Å²) in [7, 11) is 0. The normalized spacial score (nSPS) is 12.2. The Bertz CT molecular complexity index is 410. The van der Waals surface area contributed by atoms with Crippen LogP contribution in [0.25, 0.3) is 0 Å². The van der Waals surface area contributed by atoms with Crippen LogP contribution in [0.4, 0.5) is 8.78 Å². The second kappa shape index (κ2) is 7.06. The number of halogens is 2. The molecule has 5 heteroatoms. The van der Waals surface area contributed by atoms with Gasteiger partial charge in [0.25, 0.3) is 5.91 Å². The molecule has 0 aliphatic heterocycles. The fraction of sp³-hybridized carbons (Fsp3) is 0.462. The molecule has 0 radical (unpaired) electrons. The van der Waals surface area contributed by atoms with Crippen LogP contribution in [0, 0.1) is 11.6 Å². The third kappa shape index (κ3) is 4.41. The molecule has 0 saturated carbocycles. The Morgan fingerprint density at radius 3 is 2.83 bits per heavy atom. The van der Waals surface area contributed by atoms with Crippen LogP contribution in [0.5, 0.6) is 0 Å². The number of carbonyl (C=O) groups is 1. The summed E-state index contributed by atoms with van der Waals surface area (Å²) in [6.07, 6.45) is 0.724. The van der Waals surface area contributed by atoms with E-state index in [1.54, 1.807) is 6.92 Å². The Balaban J connectivity index is 2.52. The number of rotatable bonds is 6. The summed E-state index contributed by atoms with van der Waals surface area (Å²) >= 11 is 0. The van der Waals surface area contributed by atoms with E-state index in [0.29, 0.717) is 6.61 Å². The first kappa shape index (κ1) is 14.6. The Hall–Kier alpha value is -1.49. The van der Waals surface area contributed by atoms with Crippen molar-refractivity contribution in [3.63, 3.8) is 0 Å². The molecular weight excluding hydrogens is 240 g/mol. The van der Waals surface area contributed by atoms with Gasteiger partial charge >= 0.3 is 0 Å². The lowest BCUT2D eigenvalue weighted by molar-refractivity contribution is 0.0621. The van der Waals surface area contributed by atoms with E-state index < -0.39 is 17.5 Å². The fourth-order valence-corrected chi connectivity index (χ4v) is 1.38. The summed E-state index contributed by atoms with van der Waals surface area (Å²) in [5.41, 5.74) is -0.294. The lowest BCUT2D eigenvalue weighted by atomic mass is 10.2. The fourth-order valence-electron chi connectivity index (χ4n) is 1.38. The second-order valence-electron chi connectivity index (χ2n) is 4.02.